The van der Waals surface area contributed by atoms with Crippen LogP contribution in [0, 0.1) is 0 Å². The van der Waals surface area contributed by atoms with Gasteiger partial charge in [0.2, 0.25) is 0 Å². The molecule has 0 radical (unpaired) electrons. The summed E-state index contributed by atoms with van der Waals surface area (Å²) >= 11 is 0. The second-order valence-corrected chi connectivity index (χ2v) is 5.53. The molecule has 0 saturated carbocycles. The lowest BCUT2D eigenvalue weighted by atomic mass is 9.90. The fourth-order valence-corrected chi connectivity index (χ4v) is 2.82. The van der Waals surface area contributed by atoms with Gasteiger partial charge in [-0.3, -0.25) is 10.1 Å². The Morgan fingerprint density at radius 2 is 1.96 bits per heavy atom. The first-order valence-corrected chi connectivity index (χ1v) is 7.60. The second-order valence-electron chi connectivity index (χ2n) is 5.53. The van der Waals surface area contributed by atoms with Crippen molar-refractivity contribution in [3.63, 3.8) is 0 Å². The van der Waals surface area contributed by atoms with Crippen LogP contribution < -0.4 is 5.32 Å². The molecule has 4 rings (SSSR count). The van der Waals surface area contributed by atoms with Crippen LogP contribution in [-0.4, -0.2) is 16.1 Å². The third-order valence-corrected chi connectivity index (χ3v) is 3.99. The molecule has 0 fully saturated rings. The van der Waals surface area contributed by atoms with Gasteiger partial charge in [-0.25, -0.2) is 0 Å². The van der Waals surface area contributed by atoms with Crippen LogP contribution in [0.5, 0.6) is 0 Å². The smallest absolute Gasteiger partial charge is 0.322 e. The SMILES string of the molecule is O=C(Nc1nnc(-c2ccco2)o1)c1ccc2c(c1)CCCC2. The van der Waals surface area contributed by atoms with Crippen LogP contribution in [0.4, 0.5) is 6.01 Å². The number of carbonyl (C=O) groups is 1. The van der Waals surface area contributed by atoms with Gasteiger partial charge in [0.1, 0.15) is 0 Å². The number of carbonyl (C=O) groups excluding carboxylic acids is 1. The van der Waals surface area contributed by atoms with E-state index >= 15 is 0 Å². The van der Waals surface area contributed by atoms with Crippen LogP contribution in [0.3, 0.4) is 0 Å². The number of nitrogens with zero attached hydrogens (tertiary/aromatic N) is 2. The van der Waals surface area contributed by atoms with E-state index in [1.54, 1.807) is 12.1 Å². The highest BCUT2D eigenvalue weighted by atomic mass is 16.4. The van der Waals surface area contributed by atoms with Crippen LogP contribution in [0.1, 0.15) is 34.3 Å². The summed E-state index contributed by atoms with van der Waals surface area (Å²) in [6, 6.07) is 9.31. The number of hydrogen-bond acceptors (Lipinski definition) is 5. The zero-order chi connectivity index (χ0) is 15.6. The molecule has 0 saturated heterocycles. The van der Waals surface area contributed by atoms with Crippen molar-refractivity contribution in [2.45, 2.75) is 25.7 Å². The lowest BCUT2D eigenvalue weighted by molar-refractivity contribution is 0.102. The molecule has 6 heteroatoms. The molecule has 1 amide bonds. The first kappa shape index (κ1) is 13.8. The number of aryl methyl sites for hydroxylation is 2. The predicted molar refractivity (Wildman–Crippen MR) is 83.0 cm³/mol. The van der Waals surface area contributed by atoms with E-state index in [1.807, 2.05) is 18.2 Å². The zero-order valence-electron chi connectivity index (χ0n) is 12.4. The van der Waals surface area contributed by atoms with Gasteiger partial charge in [0.25, 0.3) is 11.8 Å². The van der Waals surface area contributed by atoms with E-state index in [0.29, 0.717) is 11.3 Å². The maximum atomic E-state index is 12.3. The molecule has 1 aromatic carbocycles. The average molecular weight is 309 g/mol. The van der Waals surface area contributed by atoms with E-state index in [4.69, 9.17) is 8.83 Å². The monoisotopic (exact) mass is 309 g/mol. The molecular formula is C17H15N3O3. The van der Waals surface area contributed by atoms with Crippen LogP contribution in [-0.2, 0) is 12.8 Å². The normalized spacial score (nSPS) is 13.6. The number of rotatable bonds is 3. The molecule has 6 nitrogen and oxygen atoms in total. The summed E-state index contributed by atoms with van der Waals surface area (Å²) in [6.45, 7) is 0. The minimum absolute atomic E-state index is 0.0547. The highest BCUT2D eigenvalue weighted by molar-refractivity contribution is 6.03. The number of amides is 1. The Balaban J connectivity index is 1.52. The maximum Gasteiger partial charge on any atom is 0.322 e. The Hall–Kier alpha value is -2.89. The molecule has 23 heavy (non-hydrogen) atoms. The number of aromatic nitrogens is 2. The average Bonchev–Trinajstić information content (AvgIpc) is 3.25. The molecule has 0 unspecified atom stereocenters. The Morgan fingerprint density at radius 3 is 2.78 bits per heavy atom. The van der Waals surface area contributed by atoms with Gasteiger partial charge in [-0.05, 0) is 61.1 Å². The fourth-order valence-electron chi connectivity index (χ4n) is 2.82. The van der Waals surface area contributed by atoms with Crippen molar-refractivity contribution in [3.05, 3.63) is 53.3 Å². The maximum absolute atomic E-state index is 12.3. The van der Waals surface area contributed by atoms with Crippen LogP contribution >= 0.6 is 0 Å². The summed E-state index contributed by atoms with van der Waals surface area (Å²) in [7, 11) is 0. The molecule has 0 aliphatic heterocycles. The largest absolute Gasteiger partial charge is 0.459 e. The van der Waals surface area contributed by atoms with E-state index in [2.05, 4.69) is 15.5 Å². The lowest BCUT2D eigenvalue weighted by Gasteiger charge is -2.16. The third-order valence-electron chi connectivity index (χ3n) is 3.99. The summed E-state index contributed by atoms with van der Waals surface area (Å²) < 4.78 is 10.6. The summed E-state index contributed by atoms with van der Waals surface area (Å²) in [6.07, 6.45) is 6.03. The number of nitrogens with one attached hydrogen (secondary N) is 1. The number of furan rings is 1. The standard InChI is InChI=1S/C17H15N3O3/c21-15(13-8-7-11-4-1-2-5-12(11)10-13)18-17-20-19-16(23-17)14-6-3-9-22-14/h3,6-10H,1-2,4-5H2,(H,18,20,21). The van der Waals surface area contributed by atoms with Crippen molar-refractivity contribution < 1.29 is 13.6 Å². The molecular weight excluding hydrogens is 294 g/mol. The van der Waals surface area contributed by atoms with Crippen molar-refractivity contribution in [1.29, 1.82) is 0 Å². The van der Waals surface area contributed by atoms with Crippen LogP contribution in [0.2, 0.25) is 0 Å². The van der Waals surface area contributed by atoms with Crippen molar-refractivity contribution in [2.75, 3.05) is 5.32 Å². The summed E-state index contributed by atoms with van der Waals surface area (Å²) in [4.78, 5) is 12.3. The first-order valence-electron chi connectivity index (χ1n) is 7.60. The molecule has 0 spiro atoms. The van der Waals surface area contributed by atoms with Crippen molar-refractivity contribution >= 4 is 11.9 Å². The van der Waals surface area contributed by atoms with Gasteiger partial charge in [0.05, 0.1) is 6.26 Å². The molecule has 3 aromatic rings. The first-order chi connectivity index (χ1) is 11.3. The molecule has 1 aliphatic carbocycles. The van der Waals surface area contributed by atoms with Crippen molar-refractivity contribution in [3.8, 4) is 11.7 Å². The molecule has 0 atom stereocenters. The quantitative estimate of drug-likeness (QED) is 0.801. The van der Waals surface area contributed by atoms with E-state index in [9.17, 15) is 4.79 Å². The van der Waals surface area contributed by atoms with Gasteiger partial charge in [0, 0.05) is 5.56 Å². The molecule has 1 aliphatic rings. The predicted octanol–water partition coefficient (Wildman–Crippen LogP) is 3.46. The summed E-state index contributed by atoms with van der Waals surface area (Å²) in [5.74, 6) is 0.440. The molecule has 1 N–H and O–H groups in total. The molecule has 2 aromatic heterocycles. The molecule has 2 heterocycles. The second kappa shape index (κ2) is 5.72. The number of fused-ring (bicyclic) bond motifs is 1. The number of benzene rings is 1. The minimum Gasteiger partial charge on any atom is -0.459 e. The van der Waals surface area contributed by atoms with Gasteiger partial charge in [-0.1, -0.05) is 11.2 Å². The van der Waals surface area contributed by atoms with Gasteiger partial charge in [-0.15, -0.1) is 5.10 Å². The molecule has 0 bridgehead atoms. The minimum atomic E-state index is -0.256. The van der Waals surface area contributed by atoms with Gasteiger partial charge in [0.15, 0.2) is 5.76 Å². The van der Waals surface area contributed by atoms with Crippen LogP contribution in [0.25, 0.3) is 11.7 Å². The fraction of sp³-hybridized carbons (Fsp3) is 0.235. The van der Waals surface area contributed by atoms with Gasteiger partial charge >= 0.3 is 6.01 Å². The lowest BCUT2D eigenvalue weighted by Crippen LogP contribution is -2.13. The van der Waals surface area contributed by atoms with Crippen molar-refractivity contribution in [1.82, 2.24) is 10.2 Å². The summed E-state index contributed by atoms with van der Waals surface area (Å²) in [5, 5.41) is 10.3. The highest BCUT2D eigenvalue weighted by Crippen LogP contribution is 2.23. The summed E-state index contributed by atoms with van der Waals surface area (Å²) in [5.41, 5.74) is 3.19. The zero-order valence-corrected chi connectivity index (χ0v) is 12.4. The van der Waals surface area contributed by atoms with E-state index in [1.165, 1.54) is 30.2 Å². The number of anilines is 1. The van der Waals surface area contributed by atoms with Crippen LogP contribution in [0.15, 0.2) is 45.4 Å². The van der Waals surface area contributed by atoms with Crippen molar-refractivity contribution in [2.24, 2.45) is 0 Å². The van der Waals surface area contributed by atoms with E-state index in [-0.39, 0.29) is 17.8 Å². The van der Waals surface area contributed by atoms with E-state index < -0.39 is 0 Å². The Labute approximate surface area is 132 Å². The third kappa shape index (κ3) is 2.75. The number of hydrogen-bond donors (Lipinski definition) is 1. The van der Waals surface area contributed by atoms with E-state index in [0.717, 1.165) is 12.8 Å². The Bertz CT molecular complexity index is 837. The Kier molecular flexibility index (Phi) is 3.42. The van der Waals surface area contributed by atoms with Gasteiger partial charge in [-0.2, -0.15) is 0 Å². The Morgan fingerprint density at radius 1 is 1.09 bits per heavy atom. The highest BCUT2D eigenvalue weighted by Gasteiger charge is 2.16. The van der Waals surface area contributed by atoms with Gasteiger partial charge < -0.3 is 8.83 Å². The topological polar surface area (TPSA) is 81.2 Å². The molecule has 116 valence electrons.